The minimum atomic E-state index is -0.257. The predicted molar refractivity (Wildman–Crippen MR) is 92.5 cm³/mol. The molecule has 1 heterocycles. The molecule has 23 heavy (non-hydrogen) atoms. The fourth-order valence-electron chi connectivity index (χ4n) is 2.44. The van der Waals surface area contributed by atoms with E-state index in [0.717, 1.165) is 16.3 Å². The number of hydrogen-bond donors (Lipinski definition) is 2. The van der Waals surface area contributed by atoms with Gasteiger partial charge in [-0.1, -0.05) is 29.8 Å². The highest BCUT2D eigenvalue weighted by Gasteiger charge is 2.14. The maximum absolute atomic E-state index is 12.5. The minimum Gasteiger partial charge on any atom is -0.344 e. The van der Waals surface area contributed by atoms with E-state index in [1.807, 2.05) is 30.3 Å². The summed E-state index contributed by atoms with van der Waals surface area (Å²) >= 11 is 5.89. The Balaban J connectivity index is 1.82. The van der Waals surface area contributed by atoms with Crippen LogP contribution in [0.3, 0.4) is 0 Å². The molecule has 1 aromatic heterocycles. The van der Waals surface area contributed by atoms with Crippen LogP contribution in [0.4, 0.5) is 0 Å². The molecule has 0 radical (unpaired) electrons. The number of nitrogens with one attached hydrogen (secondary N) is 1. The van der Waals surface area contributed by atoms with Crippen LogP contribution in [0.5, 0.6) is 0 Å². The zero-order valence-corrected chi connectivity index (χ0v) is 13.1. The second-order valence-electron chi connectivity index (χ2n) is 5.25. The fraction of sp³-hybridized carbons (Fsp3) is 0.111. The summed E-state index contributed by atoms with van der Waals surface area (Å²) in [5, 5.41) is 5.59. The average Bonchev–Trinajstić information content (AvgIpc) is 2.60. The molecule has 4 nitrogen and oxygen atoms in total. The molecule has 0 spiro atoms. The highest BCUT2D eigenvalue weighted by Crippen LogP contribution is 2.18. The van der Waals surface area contributed by atoms with Crippen molar-refractivity contribution >= 4 is 28.3 Å². The van der Waals surface area contributed by atoms with E-state index in [1.165, 1.54) is 0 Å². The Kier molecular flexibility index (Phi) is 4.55. The lowest BCUT2D eigenvalue weighted by Crippen LogP contribution is -2.33. The largest absolute Gasteiger partial charge is 0.344 e. The van der Waals surface area contributed by atoms with Crippen LogP contribution in [0, 0.1) is 0 Å². The smallest absolute Gasteiger partial charge is 0.251 e. The third-order valence-electron chi connectivity index (χ3n) is 3.72. The van der Waals surface area contributed by atoms with Gasteiger partial charge in [-0.05, 0) is 41.3 Å². The van der Waals surface area contributed by atoms with E-state index in [4.69, 9.17) is 17.3 Å². The molecule has 0 aliphatic heterocycles. The quantitative estimate of drug-likeness (QED) is 0.773. The summed E-state index contributed by atoms with van der Waals surface area (Å²) in [7, 11) is 0. The Morgan fingerprint density at radius 3 is 2.65 bits per heavy atom. The zero-order chi connectivity index (χ0) is 16.2. The number of nitrogens with zero attached hydrogens (tertiary/aromatic N) is 1. The van der Waals surface area contributed by atoms with Gasteiger partial charge >= 0.3 is 0 Å². The molecule has 3 aromatic rings. The molecule has 3 rings (SSSR count). The van der Waals surface area contributed by atoms with Gasteiger partial charge in [0.15, 0.2) is 0 Å². The number of aromatic nitrogens is 1. The number of carbonyl (C=O) groups is 1. The molecule has 1 unspecified atom stereocenters. The van der Waals surface area contributed by atoms with Gasteiger partial charge < -0.3 is 11.1 Å². The van der Waals surface area contributed by atoms with Crippen molar-refractivity contribution in [1.29, 1.82) is 0 Å². The van der Waals surface area contributed by atoms with Gasteiger partial charge in [-0.3, -0.25) is 9.78 Å². The summed E-state index contributed by atoms with van der Waals surface area (Å²) in [5.74, 6) is -0.158. The summed E-state index contributed by atoms with van der Waals surface area (Å²) in [6.07, 6.45) is 3.48. The maximum atomic E-state index is 12.5. The first kappa shape index (κ1) is 15.5. The fourth-order valence-corrected chi connectivity index (χ4v) is 2.57. The maximum Gasteiger partial charge on any atom is 0.251 e. The number of amides is 1. The molecule has 5 heteroatoms. The van der Waals surface area contributed by atoms with Crippen molar-refractivity contribution in [2.45, 2.75) is 6.04 Å². The molecular weight excluding hydrogens is 310 g/mol. The van der Waals surface area contributed by atoms with E-state index < -0.39 is 0 Å². The molecule has 116 valence electrons. The second-order valence-corrected chi connectivity index (χ2v) is 5.69. The Bertz CT molecular complexity index is 833. The van der Waals surface area contributed by atoms with Crippen LogP contribution in [-0.2, 0) is 0 Å². The van der Waals surface area contributed by atoms with Crippen LogP contribution in [0.25, 0.3) is 10.8 Å². The van der Waals surface area contributed by atoms with Crippen molar-refractivity contribution in [1.82, 2.24) is 10.3 Å². The number of nitrogens with two attached hydrogens (primary N) is 1. The third kappa shape index (κ3) is 3.50. The van der Waals surface area contributed by atoms with E-state index in [-0.39, 0.29) is 11.9 Å². The summed E-state index contributed by atoms with van der Waals surface area (Å²) in [5.41, 5.74) is 7.32. The number of benzene rings is 2. The van der Waals surface area contributed by atoms with Crippen molar-refractivity contribution in [2.75, 3.05) is 6.54 Å². The van der Waals surface area contributed by atoms with Gasteiger partial charge in [-0.25, -0.2) is 0 Å². The number of carbonyl (C=O) groups excluding carboxylic acids is 1. The van der Waals surface area contributed by atoms with Crippen LogP contribution >= 0.6 is 11.6 Å². The van der Waals surface area contributed by atoms with Crippen LogP contribution in [-0.4, -0.2) is 17.4 Å². The zero-order valence-electron chi connectivity index (χ0n) is 12.4. The van der Waals surface area contributed by atoms with E-state index in [0.29, 0.717) is 17.1 Å². The standard InChI is InChI=1S/C18H16ClN3O/c19-16-5-3-12(4-6-16)17(10-20)22-18(23)14-1-2-15-11-21-8-7-13(15)9-14/h1-9,11,17H,10,20H2,(H,22,23). The number of fused-ring (bicyclic) bond motifs is 1. The summed E-state index contributed by atoms with van der Waals surface area (Å²) < 4.78 is 0. The number of hydrogen-bond acceptors (Lipinski definition) is 3. The van der Waals surface area contributed by atoms with Crippen molar-refractivity contribution < 1.29 is 4.79 Å². The Hall–Kier alpha value is -2.43. The summed E-state index contributed by atoms with van der Waals surface area (Å²) in [6.45, 7) is 0.310. The van der Waals surface area contributed by atoms with Crippen LogP contribution in [0.2, 0.25) is 5.02 Å². The Morgan fingerprint density at radius 1 is 1.13 bits per heavy atom. The van der Waals surface area contributed by atoms with E-state index in [2.05, 4.69) is 10.3 Å². The van der Waals surface area contributed by atoms with Gasteiger partial charge in [-0.2, -0.15) is 0 Å². The summed E-state index contributed by atoms with van der Waals surface area (Å²) in [4.78, 5) is 16.6. The lowest BCUT2D eigenvalue weighted by atomic mass is 10.1. The highest BCUT2D eigenvalue weighted by molar-refractivity contribution is 6.30. The van der Waals surface area contributed by atoms with Crippen molar-refractivity contribution in [3.8, 4) is 0 Å². The minimum absolute atomic E-state index is 0.158. The number of rotatable bonds is 4. The molecule has 0 aliphatic rings. The molecule has 0 fully saturated rings. The van der Waals surface area contributed by atoms with E-state index in [9.17, 15) is 4.79 Å². The van der Waals surface area contributed by atoms with Gasteiger partial charge in [0.1, 0.15) is 0 Å². The Labute approximate surface area is 139 Å². The molecule has 3 N–H and O–H groups in total. The van der Waals surface area contributed by atoms with Gasteiger partial charge in [0.2, 0.25) is 0 Å². The normalized spacial score (nSPS) is 12.1. The monoisotopic (exact) mass is 325 g/mol. The van der Waals surface area contributed by atoms with Crippen LogP contribution < -0.4 is 11.1 Å². The van der Waals surface area contributed by atoms with Gasteiger partial charge in [0, 0.05) is 34.9 Å². The molecule has 1 atom stereocenters. The van der Waals surface area contributed by atoms with E-state index in [1.54, 1.807) is 30.6 Å². The van der Waals surface area contributed by atoms with Gasteiger partial charge in [0.25, 0.3) is 5.91 Å². The predicted octanol–water partition coefficient (Wildman–Crippen LogP) is 3.32. The van der Waals surface area contributed by atoms with Gasteiger partial charge in [-0.15, -0.1) is 0 Å². The van der Waals surface area contributed by atoms with E-state index >= 15 is 0 Å². The SMILES string of the molecule is NCC(NC(=O)c1ccc2cnccc2c1)c1ccc(Cl)cc1. The second kappa shape index (κ2) is 6.77. The lowest BCUT2D eigenvalue weighted by molar-refractivity contribution is 0.0938. The number of pyridine rings is 1. The Morgan fingerprint density at radius 2 is 1.91 bits per heavy atom. The number of halogens is 1. The lowest BCUT2D eigenvalue weighted by Gasteiger charge is -2.17. The first-order valence-electron chi connectivity index (χ1n) is 7.27. The highest BCUT2D eigenvalue weighted by atomic mass is 35.5. The third-order valence-corrected chi connectivity index (χ3v) is 3.97. The molecule has 0 bridgehead atoms. The molecule has 0 saturated carbocycles. The van der Waals surface area contributed by atoms with Crippen LogP contribution in [0.15, 0.2) is 60.9 Å². The summed E-state index contributed by atoms with van der Waals surface area (Å²) in [6, 6.07) is 14.5. The molecular formula is C18H16ClN3O. The van der Waals surface area contributed by atoms with Crippen molar-refractivity contribution in [2.24, 2.45) is 5.73 Å². The van der Waals surface area contributed by atoms with Gasteiger partial charge in [0.05, 0.1) is 6.04 Å². The van der Waals surface area contributed by atoms with Crippen LogP contribution in [0.1, 0.15) is 22.0 Å². The van der Waals surface area contributed by atoms with Crippen molar-refractivity contribution in [3.05, 3.63) is 77.1 Å². The molecule has 0 saturated heterocycles. The topological polar surface area (TPSA) is 68.0 Å². The first-order valence-corrected chi connectivity index (χ1v) is 7.65. The molecule has 0 aliphatic carbocycles. The molecule has 2 aromatic carbocycles. The average molecular weight is 326 g/mol. The van der Waals surface area contributed by atoms with Crippen molar-refractivity contribution in [3.63, 3.8) is 0 Å². The molecule has 1 amide bonds. The first-order chi connectivity index (χ1) is 11.2.